The first-order valence-corrected chi connectivity index (χ1v) is 6.96. The molecule has 6 heteroatoms. The Morgan fingerprint density at radius 3 is 2.62 bits per heavy atom. The molecule has 0 atom stereocenters. The molecule has 1 aliphatic rings. The van der Waals surface area contributed by atoms with E-state index in [0.717, 1.165) is 19.3 Å². The van der Waals surface area contributed by atoms with Crippen LogP contribution in [0.4, 0.5) is 10.5 Å². The van der Waals surface area contributed by atoms with Crippen LogP contribution in [0.15, 0.2) is 18.2 Å². The smallest absolute Gasteiger partial charge is 0.335 e. The summed E-state index contributed by atoms with van der Waals surface area (Å²) in [6.07, 6.45) is 3.33. The summed E-state index contributed by atoms with van der Waals surface area (Å²) in [5.74, 6) is -0.629. The number of nitrogens with one attached hydrogen (secondary N) is 2. The van der Waals surface area contributed by atoms with Crippen molar-refractivity contribution < 1.29 is 19.4 Å². The Morgan fingerprint density at radius 1 is 1.38 bits per heavy atom. The van der Waals surface area contributed by atoms with Crippen molar-refractivity contribution in [2.24, 2.45) is 5.41 Å². The van der Waals surface area contributed by atoms with E-state index < -0.39 is 5.97 Å². The Balaban J connectivity index is 2.01. The van der Waals surface area contributed by atoms with Gasteiger partial charge in [-0.15, -0.1) is 0 Å². The molecule has 0 saturated heterocycles. The Hall–Kier alpha value is -2.24. The van der Waals surface area contributed by atoms with Crippen molar-refractivity contribution >= 4 is 17.7 Å². The number of carboxylic acids is 1. The molecule has 3 N–H and O–H groups in total. The van der Waals surface area contributed by atoms with Crippen molar-refractivity contribution in [3.63, 3.8) is 0 Å². The van der Waals surface area contributed by atoms with Crippen LogP contribution in [-0.2, 0) is 0 Å². The molecule has 0 bridgehead atoms. The van der Waals surface area contributed by atoms with Gasteiger partial charge in [-0.3, -0.25) is 0 Å². The molecule has 0 aliphatic heterocycles. The first kappa shape index (κ1) is 15.2. The Kier molecular flexibility index (Phi) is 4.35. The standard InChI is InChI=1S/C15H20N2O4/c1-3-15(6-7-15)9-16-14(20)17-11-8-10(13(18)19)4-5-12(11)21-2/h4-5,8H,3,6-7,9H2,1-2H3,(H,18,19)(H2,16,17,20). The summed E-state index contributed by atoms with van der Waals surface area (Å²) in [5, 5.41) is 14.5. The molecule has 0 heterocycles. The number of benzene rings is 1. The number of amides is 2. The minimum Gasteiger partial charge on any atom is -0.495 e. The highest BCUT2D eigenvalue weighted by Crippen LogP contribution is 2.47. The largest absolute Gasteiger partial charge is 0.495 e. The number of urea groups is 1. The average molecular weight is 292 g/mol. The Bertz CT molecular complexity index is 553. The second-order valence-corrected chi connectivity index (χ2v) is 5.38. The highest BCUT2D eigenvalue weighted by Gasteiger charge is 2.40. The predicted octanol–water partition coefficient (Wildman–Crippen LogP) is 2.71. The molecular formula is C15H20N2O4. The van der Waals surface area contributed by atoms with Crippen molar-refractivity contribution in [3.8, 4) is 5.75 Å². The maximum absolute atomic E-state index is 11.9. The van der Waals surface area contributed by atoms with Crippen LogP contribution in [0.3, 0.4) is 0 Å². The first-order valence-electron chi connectivity index (χ1n) is 6.96. The van der Waals surface area contributed by atoms with Crippen LogP contribution in [0.25, 0.3) is 0 Å². The lowest BCUT2D eigenvalue weighted by Crippen LogP contribution is -2.33. The van der Waals surface area contributed by atoms with E-state index in [1.54, 1.807) is 0 Å². The van der Waals surface area contributed by atoms with Crippen molar-refractivity contribution in [2.75, 3.05) is 19.0 Å². The third kappa shape index (κ3) is 3.65. The minimum absolute atomic E-state index is 0.0957. The molecule has 2 amide bonds. The predicted molar refractivity (Wildman–Crippen MR) is 78.9 cm³/mol. The fourth-order valence-corrected chi connectivity index (χ4v) is 2.21. The number of anilines is 1. The fourth-order valence-electron chi connectivity index (χ4n) is 2.21. The molecule has 6 nitrogen and oxygen atoms in total. The van der Waals surface area contributed by atoms with Gasteiger partial charge in [0.2, 0.25) is 0 Å². The van der Waals surface area contributed by atoms with E-state index in [4.69, 9.17) is 9.84 Å². The van der Waals surface area contributed by atoms with E-state index in [9.17, 15) is 9.59 Å². The summed E-state index contributed by atoms with van der Waals surface area (Å²) in [6, 6.07) is 3.98. The monoisotopic (exact) mass is 292 g/mol. The zero-order valence-electron chi connectivity index (χ0n) is 12.2. The number of hydrogen-bond donors (Lipinski definition) is 3. The normalized spacial score (nSPS) is 15.1. The molecule has 0 unspecified atom stereocenters. The second kappa shape index (κ2) is 6.03. The minimum atomic E-state index is -1.05. The first-order chi connectivity index (χ1) is 9.99. The van der Waals surface area contributed by atoms with Crippen molar-refractivity contribution in [3.05, 3.63) is 23.8 Å². The van der Waals surface area contributed by atoms with Crippen LogP contribution in [0.2, 0.25) is 0 Å². The van der Waals surface area contributed by atoms with E-state index in [1.807, 2.05) is 0 Å². The maximum atomic E-state index is 11.9. The van der Waals surface area contributed by atoms with Crippen LogP contribution < -0.4 is 15.4 Å². The summed E-state index contributed by atoms with van der Waals surface area (Å²) >= 11 is 0. The molecule has 1 aromatic rings. The molecule has 2 rings (SSSR count). The number of rotatable bonds is 6. The van der Waals surface area contributed by atoms with E-state index in [-0.39, 0.29) is 17.0 Å². The summed E-state index contributed by atoms with van der Waals surface area (Å²) in [7, 11) is 1.47. The number of carbonyl (C=O) groups excluding carboxylic acids is 1. The number of hydrogen-bond acceptors (Lipinski definition) is 3. The highest BCUT2D eigenvalue weighted by molar-refractivity contribution is 5.94. The quantitative estimate of drug-likeness (QED) is 0.752. The summed E-state index contributed by atoms with van der Waals surface area (Å²) in [6.45, 7) is 2.75. The summed E-state index contributed by atoms with van der Waals surface area (Å²) < 4.78 is 5.12. The lowest BCUT2D eigenvalue weighted by Gasteiger charge is -2.15. The van der Waals surface area contributed by atoms with Gasteiger partial charge in [0.15, 0.2) is 0 Å². The van der Waals surface area contributed by atoms with Gasteiger partial charge in [0.1, 0.15) is 5.75 Å². The van der Waals surface area contributed by atoms with Crippen molar-refractivity contribution in [1.29, 1.82) is 0 Å². The highest BCUT2D eigenvalue weighted by atomic mass is 16.5. The van der Waals surface area contributed by atoms with Crippen LogP contribution >= 0.6 is 0 Å². The second-order valence-electron chi connectivity index (χ2n) is 5.38. The van der Waals surface area contributed by atoms with Gasteiger partial charge in [-0.1, -0.05) is 6.92 Å². The van der Waals surface area contributed by atoms with Crippen molar-refractivity contribution in [1.82, 2.24) is 5.32 Å². The number of aromatic carboxylic acids is 1. The van der Waals surface area contributed by atoms with Gasteiger partial charge < -0.3 is 20.5 Å². The summed E-state index contributed by atoms with van der Waals surface area (Å²) in [4.78, 5) is 22.9. The molecule has 1 aromatic carbocycles. The van der Waals surface area contributed by atoms with Crippen LogP contribution in [0.1, 0.15) is 36.5 Å². The van der Waals surface area contributed by atoms with Gasteiger partial charge in [0, 0.05) is 6.54 Å². The van der Waals surface area contributed by atoms with Crippen LogP contribution in [0, 0.1) is 5.41 Å². The number of carbonyl (C=O) groups is 2. The van der Waals surface area contributed by atoms with Crippen molar-refractivity contribution in [2.45, 2.75) is 26.2 Å². The number of methoxy groups -OCH3 is 1. The summed E-state index contributed by atoms with van der Waals surface area (Å²) in [5.41, 5.74) is 0.694. The zero-order valence-corrected chi connectivity index (χ0v) is 12.2. The van der Waals surface area contributed by atoms with E-state index in [2.05, 4.69) is 17.6 Å². The van der Waals surface area contributed by atoms with Gasteiger partial charge in [-0.05, 0) is 42.9 Å². The topological polar surface area (TPSA) is 87.7 Å². The molecule has 0 radical (unpaired) electrons. The molecule has 114 valence electrons. The number of ether oxygens (including phenoxy) is 1. The lowest BCUT2D eigenvalue weighted by atomic mass is 10.0. The van der Waals surface area contributed by atoms with Gasteiger partial charge in [-0.2, -0.15) is 0 Å². The van der Waals surface area contributed by atoms with Gasteiger partial charge in [-0.25, -0.2) is 9.59 Å². The van der Waals surface area contributed by atoms with E-state index in [0.29, 0.717) is 18.0 Å². The number of carboxylic acid groups (broad SMARTS) is 1. The third-order valence-electron chi connectivity index (χ3n) is 4.03. The fraction of sp³-hybridized carbons (Fsp3) is 0.467. The Labute approximate surface area is 123 Å². The molecular weight excluding hydrogens is 272 g/mol. The van der Waals surface area contributed by atoms with Crippen LogP contribution in [0.5, 0.6) is 5.75 Å². The zero-order chi connectivity index (χ0) is 15.5. The van der Waals surface area contributed by atoms with Gasteiger partial charge in [0.05, 0.1) is 18.4 Å². The molecule has 0 aromatic heterocycles. The van der Waals surface area contributed by atoms with E-state index >= 15 is 0 Å². The molecule has 1 aliphatic carbocycles. The van der Waals surface area contributed by atoms with Gasteiger partial charge >= 0.3 is 12.0 Å². The van der Waals surface area contributed by atoms with E-state index in [1.165, 1.54) is 25.3 Å². The molecule has 21 heavy (non-hydrogen) atoms. The molecule has 0 spiro atoms. The lowest BCUT2D eigenvalue weighted by molar-refractivity contribution is 0.0697. The third-order valence-corrected chi connectivity index (χ3v) is 4.03. The van der Waals surface area contributed by atoms with Gasteiger partial charge in [0.25, 0.3) is 0 Å². The molecule has 1 saturated carbocycles. The average Bonchev–Trinajstić information content (AvgIpc) is 3.25. The molecule has 1 fully saturated rings. The maximum Gasteiger partial charge on any atom is 0.335 e. The SMILES string of the molecule is CCC1(CNC(=O)Nc2cc(C(=O)O)ccc2OC)CC1. The van der Waals surface area contributed by atoms with Crippen LogP contribution in [-0.4, -0.2) is 30.8 Å². The Morgan fingerprint density at radius 2 is 2.10 bits per heavy atom.